The quantitative estimate of drug-likeness (QED) is 0.844. The fraction of sp³-hybridized carbons (Fsp3) is 0.300. The second kappa shape index (κ2) is 5.70. The second-order valence-electron chi connectivity index (χ2n) is 3.82. The molecule has 0 aliphatic carbocycles. The number of alkyl halides is 3. The van der Waals surface area contributed by atoms with Gasteiger partial charge in [0.1, 0.15) is 6.04 Å². The van der Waals surface area contributed by atoms with Crippen molar-refractivity contribution in [2.45, 2.75) is 24.0 Å². The molecule has 0 aromatic heterocycles. The summed E-state index contributed by atoms with van der Waals surface area (Å²) in [4.78, 5) is 9.92. The van der Waals surface area contributed by atoms with E-state index in [9.17, 15) is 26.4 Å². The Morgan fingerprint density at radius 2 is 1.95 bits per heavy atom. The summed E-state index contributed by atoms with van der Waals surface area (Å²) < 4.78 is 63.1. The highest BCUT2D eigenvalue weighted by Crippen LogP contribution is 2.33. The Morgan fingerprint density at radius 1 is 1.40 bits per heavy atom. The molecule has 112 valence electrons. The maximum Gasteiger partial charge on any atom is 0.416 e. The van der Waals surface area contributed by atoms with Crippen LogP contribution in [-0.4, -0.2) is 25.5 Å². The molecule has 1 aromatic rings. The normalized spacial score (nSPS) is 14.1. The van der Waals surface area contributed by atoms with Crippen molar-refractivity contribution in [1.82, 2.24) is 4.72 Å². The third-order valence-electron chi connectivity index (χ3n) is 2.25. The highest BCUT2D eigenvalue weighted by Gasteiger charge is 2.33. The smallest absolute Gasteiger partial charge is 0.416 e. The van der Waals surface area contributed by atoms with Crippen LogP contribution in [0.4, 0.5) is 13.2 Å². The van der Waals surface area contributed by atoms with Crippen LogP contribution in [0.5, 0.6) is 0 Å². The number of carbonyl (C=O) groups is 1. The Hall–Kier alpha value is -1.13. The van der Waals surface area contributed by atoms with Gasteiger partial charge in [0, 0.05) is 4.47 Å². The molecule has 1 aromatic carbocycles. The van der Waals surface area contributed by atoms with Crippen molar-refractivity contribution < 1.29 is 31.5 Å². The Balaban J connectivity index is 3.28. The lowest BCUT2D eigenvalue weighted by atomic mass is 10.2. The molecule has 0 aliphatic heterocycles. The van der Waals surface area contributed by atoms with Gasteiger partial charge in [-0.05, 0) is 41.1 Å². The van der Waals surface area contributed by atoms with Crippen molar-refractivity contribution in [2.24, 2.45) is 0 Å². The fourth-order valence-electron chi connectivity index (χ4n) is 1.23. The number of sulfonamides is 1. The molecule has 1 rings (SSSR count). The molecular weight excluding hydrogens is 367 g/mol. The topological polar surface area (TPSA) is 83.5 Å². The molecular formula is C10H9BrF3NO4S. The Kier molecular flexibility index (Phi) is 4.82. The van der Waals surface area contributed by atoms with Crippen molar-refractivity contribution in [2.75, 3.05) is 0 Å². The molecule has 20 heavy (non-hydrogen) atoms. The molecule has 0 saturated heterocycles. The van der Waals surface area contributed by atoms with Crippen LogP contribution in [0.1, 0.15) is 12.5 Å². The molecule has 1 unspecified atom stereocenters. The Bertz CT molecular complexity index is 630. The monoisotopic (exact) mass is 375 g/mol. The van der Waals surface area contributed by atoms with Gasteiger partial charge < -0.3 is 5.11 Å². The fourth-order valence-corrected chi connectivity index (χ4v) is 3.42. The van der Waals surface area contributed by atoms with Crippen molar-refractivity contribution in [3.63, 3.8) is 0 Å². The summed E-state index contributed by atoms with van der Waals surface area (Å²) in [6, 6.07) is 0.606. The zero-order valence-corrected chi connectivity index (χ0v) is 12.3. The van der Waals surface area contributed by atoms with Crippen LogP contribution < -0.4 is 4.72 Å². The molecule has 0 aliphatic rings. The highest BCUT2D eigenvalue weighted by atomic mass is 79.9. The molecule has 0 bridgehead atoms. The predicted octanol–water partition coefficient (Wildman–Crippen LogP) is 2.22. The van der Waals surface area contributed by atoms with Crippen LogP contribution in [0.2, 0.25) is 0 Å². The third-order valence-corrected chi connectivity index (χ3v) is 4.79. The number of halogens is 4. The highest BCUT2D eigenvalue weighted by molar-refractivity contribution is 9.10. The van der Waals surface area contributed by atoms with E-state index in [4.69, 9.17) is 5.11 Å². The van der Waals surface area contributed by atoms with Crippen LogP contribution in [0.3, 0.4) is 0 Å². The minimum absolute atomic E-state index is 0.101. The lowest BCUT2D eigenvalue weighted by Crippen LogP contribution is -2.38. The number of nitrogens with one attached hydrogen (secondary N) is 1. The van der Waals surface area contributed by atoms with Crippen molar-refractivity contribution in [3.8, 4) is 0 Å². The van der Waals surface area contributed by atoms with E-state index in [2.05, 4.69) is 15.9 Å². The lowest BCUT2D eigenvalue weighted by molar-refractivity contribution is -0.139. The first kappa shape index (κ1) is 16.9. The zero-order chi connectivity index (χ0) is 15.7. The molecule has 0 amide bonds. The predicted molar refractivity (Wildman–Crippen MR) is 66.6 cm³/mol. The molecule has 5 nitrogen and oxygen atoms in total. The van der Waals surface area contributed by atoms with Gasteiger partial charge in [-0.3, -0.25) is 4.79 Å². The summed E-state index contributed by atoms with van der Waals surface area (Å²) in [7, 11) is -4.40. The van der Waals surface area contributed by atoms with Gasteiger partial charge in [0.05, 0.1) is 10.5 Å². The molecule has 1 atom stereocenters. The number of rotatable bonds is 4. The molecule has 0 radical (unpaired) electrons. The van der Waals surface area contributed by atoms with Gasteiger partial charge >= 0.3 is 12.1 Å². The van der Waals surface area contributed by atoms with E-state index in [1.165, 1.54) is 0 Å². The van der Waals surface area contributed by atoms with E-state index in [0.717, 1.165) is 13.0 Å². The number of aliphatic carboxylic acids is 1. The summed E-state index contributed by atoms with van der Waals surface area (Å²) >= 11 is 2.83. The van der Waals surface area contributed by atoms with Crippen molar-refractivity contribution in [3.05, 3.63) is 28.2 Å². The number of carboxylic acids is 1. The van der Waals surface area contributed by atoms with E-state index >= 15 is 0 Å². The van der Waals surface area contributed by atoms with E-state index in [0.29, 0.717) is 12.1 Å². The van der Waals surface area contributed by atoms with E-state index < -0.39 is 38.7 Å². The van der Waals surface area contributed by atoms with Gasteiger partial charge in [0.2, 0.25) is 10.0 Å². The SMILES string of the molecule is CC(NS(=O)(=O)c1cc(C(F)(F)F)ccc1Br)C(=O)O. The average molecular weight is 376 g/mol. The van der Waals surface area contributed by atoms with Gasteiger partial charge in [0.15, 0.2) is 0 Å². The largest absolute Gasteiger partial charge is 0.480 e. The first-order valence-corrected chi connectivity index (χ1v) is 7.34. The van der Waals surface area contributed by atoms with Crippen molar-refractivity contribution in [1.29, 1.82) is 0 Å². The molecule has 0 fully saturated rings. The molecule has 10 heteroatoms. The second-order valence-corrected chi connectivity index (χ2v) is 6.36. The minimum atomic E-state index is -4.70. The van der Waals surface area contributed by atoms with Crippen LogP contribution in [-0.2, 0) is 21.0 Å². The Morgan fingerprint density at radius 3 is 2.40 bits per heavy atom. The first-order chi connectivity index (χ1) is 8.95. The molecule has 0 saturated carbocycles. The van der Waals surface area contributed by atoms with Gasteiger partial charge in [-0.1, -0.05) is 0 Å². The van der Waals surface area contributed by atoms with Gasteiger partial charge in [-0.15, -0.1) is 0 Å². The summed E-state index contributed by atoms with van der Waals surface area (Å²) in [6.45, 7) is 1.06. The number of carboxylic acid groups (broad SMARTS) is 1. The number of hydrogen-bond donors (Lipinski definition) is 2. The maximum atomic E-state index is 12.6. The molecule has 0 heterocycles. The minimum Gasteiger partial charge on any atom is -0.480 e. The summed E-state index contributed by atoms with van der Waals surface area (Å²) in [5, 5.41) is 8.63. The van der Waals surface area contributed by atoms with Gasteiger partial charge in [-0.2, -0.15) is 17.9 Å². The molecule has 0 spiro atoms. The number of hydrogen-bond acceptors (Lipinski definition) is 3. The zero-order valence-electron chi connectivity index (χ0n) is 9.90. The first-order valence-electron chi connectivity index (χ1n) is 5.07. The van der Waals surface area contributed by atoms with Crippen LogP contribution in [0.25, 0.3) is 0 Å². The van der Waals surface area contributed by atoms with E-state index in [-0.39, 0.29) is 4.47 Å². The van der Waals surface area contributed by atoms with Crippen molar-refractivity contribution >= 4 is 31.9 Å². The lowest BCUT2D eigenvalue weighted by Gasteiger charge is -2.13. The maximum absolute atomic E-state index is 12.6. The van der Waals surface area contributed by atoms with Gasteiger partial charge in [-0.25, -0.2) is 8.42 Å². The van der Waals surface area contributed by atoms with Crippen LogP contribution in [0, 0.1) is 0 Å². The van der Waals surface area contributed by atoms with Crippen LogP contribution >= 0.6 is 15.9 Å². The molecule has 2 N–H and O–H groups in total. The van der Waals surface area contributed by atoms with Crippen LogP contribution in [0.15, 0.2) is 27.6 Å². The third kappa shape index (κ3) is 3.93. The average Bonchev–Trinajstić information content (AvgIpc) is 2.26. The summed E-state index contributed by atoms with van der Waals surface area (Å²) in [5.41, 5.74) is -1.15. The standard InChI is InChI=1S/C10H9BrF3NO4S/c1-5(9(16)17)15-20(18,19)8-4-6(10(12,13)14)2-3-7(8)11/h2-5,15H,1H3,(H,16,17). The van der Waals surface area contributed by atoms with E-state index in [1.807, 2.05) is 0 Å². The number of benzene rings is 1. The Labute approximate surface area is 121 Å². The van der Waals surface area contributed by atoms with E-state index in [1.54, 1.807) is 4.72 Å². The summed E-state index contributed by atoms with van der Waals surface area (Å²) in [6.07, 6.45) is -4.70. The summed E-state index contributed by atoms with van der Waals surface area (Å²) in [5.74, 6) is -1.45. The van der Waals surface area contributed by atoms with Gasteiger partial charge in [0.25, 0.3) is 0 Å².